The van der Waals surface area contributed by atoms with Gasteiger partial charge in [0.1, 0.15) is 11.9 Å². The van der Waals surface area contributed by atoms with Crippen LogP contribution in [0, 0.1) is 6.92 Å². The fourth-order valence-corrected chi connectivity index (χ4v) is 4.27. The Morgan fingerprint density at radius 3 is 2.89 bits per heavy atom. The van der Waals surface area contributed by atoms with E-state index in [0.717, 1.165) is 62.3 Å². The number of rotatable bonds is 6. The average molecular weight is 369 g/mol. The monoisotopic (exact) mass is 369 g/mol. The predicted molar refractivity (Wildman–Crippen MR) is 102 cm³/mol. The van der Waals surface area contributed by atoms with E-state index in [1.807, 2.05) is 16.8 Å². The van der Waals surface area contributed by atoms with Gasteiger partial charge in [-0.25, -0.2) is 4.79 Å². The molecule has 1 aliphatic carbocycles. The molecule has 0 bridgehead atoms. The molecular formula is C21H27N3O3. The molecule has 0 radical (unpaired) electrons. The van der Waals surface area contributed by atoms with Gasteiger partial charge in [0, 0.05) is 36.9 Å². The van der Waals surface area contributed by atoms with Crippen LogP contribution in [0.4, 0.5) is 0 Å². The summed E-state index contributed by atoms with van der Waals surface area (Å²) in [6, 6.07) is 8.54. The molecule has 2 aromatic rings. The Balaban J connectivity index is 1.40. The van der Waals surface area contributed by atoms with E-state index in [2.05, 4.69) is 36.0 Å². The number of hydrogen-bond acceptors (Lipinski definition) is 4. The second kappa shape index (κ2) is 7.35. The maximum atomic E-state index is 11.6. The van der Waals surface area contributed by atoms with Gasteiger partial charge in [0.15, 0.2) is 5.69 Å². The zero-order valence-corrected chi connectivity index (χ0v) is 16.0. The van der Waals surface area contributed by atoms with Crippen LogP contribution in [-0.2, 0) is 19.4 Å². The fourth-order valence-electron chi connectivity index (χ4n) is 4.27. The molecule has 0 saturated carbocycles. The average Bonchev–Trinajstić information content (AvgIpc) is 2.96. The molecular weight excluding hydrogens is 342 g/mol. The van der Waals surface area contributed by atoms with Gasteiger partial charge < -0.3 is 9.84 Å². The number of fused-ring (bicyclic) bond motifs is 1. The molecule has 0 unspecified atom stereocenters. The van der Waals surface area contributed by atoms with E-state index in [0.29, 0.717) is 6.04 Å². The highest BCUT2D eigenvalue weighted by atomic mass is 16.5. The molecule has 1 fully saturated rings. The zero-order chi connectivity index (χ0) is 19.0. The molecule has 2 aliphatic rings. The van der Waals surface area contributed by atoms with Crippen molar-refractivity contribution in [2.24, 2.45) is 0 Å². The van der Waals surface area contributed by atoms with Gasteiger partial charge in [0.25, 0.3) is 0 Å². The Morgan fingerprint density at radius 2 is 2.19 bits per heavy atom. The summed E-state index contributed by atoms with van der Waals surface area (Å²) in [5.74, 6) is 0.0191. The maximum absolute atomic E-state index is 11.6. The summed E-state index contributed by atoms with van der Waals surface area (Å²) in [5.41, 5.74) is 3.51. The second-order valence-electron chi connectivity index (χ2n) is 7.71. The first-order valence-corrected chi connectivity index (χ1v) is 9.84. The van der Waals surface area contributed by atoms with Gasteiger partial charge in [0.05, 0.1) is 0 Å². The molecule has 1 aromatic carbocycles. The van der Waals surface area contributed by atoms with Crippen molar-refractivity contribution in [3.8, 4) is 5.75 Å². The molecule has 0 spiro atoms. The standard InChI is InChI=1S/C21H27N3O3/c1-3-9-24-19-8-7-15(11-18(19)20(22-24)21(25)26)23-12-17(13-23)27-16-6-4-5-14(2)10-16/h4-6,10,15,17H,3,7-9,11-13H2,1-2H3,(H,25,26)/t15-/m0/s1. The van der Waals surface area contributed by atoms with E-state index < -0.39 is 5.97 Å². The van der Waals surface area contributed by atoms with Crippen LogP contribution in [-0.4, -0.2) is 51.0 Å². The molecule has 144 valence electrons. The van der Waals surface area contributed by atoms with Crippen molar-refractivity contribution in [3.05, 3.63) is 46.8 Å². The SMILES string of the molecule is CCCn1nc(C(=O)O)c2c1CC[C@H](N1CC(Oc3cccc(C)c3)C1)C2. The van der Waals surface area contributed by atoms with Gasteiger partial charge in [0.2, 0.25) is 0 Å². The minimum atomic E-state index is -0.911. The summed E-state index contributed by atoms with van der Waals surface area (Å²) in [6.07, 6.45) is 3.91. The van der Waals surface area contributed by atoms with Crippen LogP contribution in [0.15, 0.2) is 24.3 Å². The minimum Gasteiger partial charge on any atom is -0.488 e. The Bertz CT molecular complexity index is 839. The molecule has 1 N–H and O–H groups in total. The fraction of sp³-hybridized carbons (Fsp3) is 0.524. The van der Waals surface area contributed by atoms with Crippen molar-refractivity contribution in [2.75, 3.05) is 13.1 Å². The van der Waals surface area contributed by atoms with E-state index in [-0.39, 0.29) is 11.8 Å². The number of ether oxygens (including phenoxy) is 1. The topological polar surface area (TPSA) is 67.6 Å². The number of aromatic nitrogens is 2. The number of nitrogens with zero attached hydrogens (tertiary/aromatic N) is 3. The molecule has 27 heavy (non-hydrogen) atoms. The number of likely N-dealkylation sites (tertiary alicyclic amines) is 1. The van der Waals surface area contributed by atoms with Crippen LogP contribution in [0.3, 0.4) is 0 Å². The first-order valence-electron chi connectivity index (χ1n) is 9.84. The van der Waals surface area contributed by atoms with Gasteiger partial charge >= 0.3 is 5.97 Å². The van der Waals surface area contributed by atoms with Crippen LogP contribution < -0.4 is 4.74 Å². The smallest absolute Gasteiger partial charge is 0.356 e. The third-order valence-electron chi connectivity index (χ3n) is 5.64. The van der Waals surface area contributed by atoms with E-state index in [1.165, 1.54) is 5.56 Å². The highest BCUT2D eigenvalue weighted by molar-refractivity contribution is 5.87. The molecule has 1 aromatic heterocycles. The third kappa shape index (κ3) is 3.58. The molecule has 6 heteroatoms. The number of carboxylic acid groups (broad SMARTS) is 1. The van der Waals surface area contributed by atoms with Gasteiger partial charge in [-0.3, -0.25) is 9.58 Å². The lowest BCUT2D eigenvalue weighted by Crippen LogP contribution is -2.58. The van der Waals surface area contributed by atoms with Crippen LogP contribution >= 0.6 is 0 Å². The van der Waals surface area contributed by atoms with Crippen LogP contribution in [0.5, 0.6) is 5.75 Å². The third-order valence-corrected chi connectivity index (χ3v) is 5.64. The van der Waals surface area contributed by atoms with Gasteiger partial charge in [-0.1, -0.05) is 19.1 Å². The van der Waals surface area contributed by atoms with Crippen molar-refractivity contribution in [1.82, 2.24) is 14.7 Å². The van der Waals surface area contributed by atoms with Crippen LogP contribution in [0.25, 0.3) is 0 Å². The lowest BCUT2D eigenvalue weighted by atomic mass is 9.88. The van der Waals surface area contributed by atoms with Crippen LogP contribution in [0.1, 0.15) is 47.1 Å². The van der Waals surface area contributed by atoms with Crippen molar-refractivity contribution >= 4 is 5.97 Å². The Hall–Kier alpha value is -2.34. The number of aryl methyl sites for hydroxylation is 2. The van der Waals surface area contributed by atoms with E-state index in [9.17, 15) is 9.90 Å². The molecule has 2 heterocycles. The van der Waals surface area contributed by atoms with Gasteiger partial charge in [-0.2, -0.15) is 5.10 Å². The van der Waals surface area contributed by atoms with Gasteiger partial charge in [-0.15, -0.1) is 0 Å². The van der Waals surface area contributed by atoms with E-state index >= 15 is 0 Å². The summed E-state index contributed by atoms with van der Waals surface area (Å²) in [7, 11) is 0. The van der Waals surface area contributed by atoms with E-state index in [4.69, 9.17) is 4.74 Å². The highest BCUT2D eigenvalue weighted by Crippen LogP contribution is 2.31. The number of carboxylic acids is 1. The molecule has 1 atom stereocenters. The first kappa shape index (κ1) is 18.0. The number of benzene rings is 1. The molecule has 6 nitrogen and oxygen atoms in total. The lowest BCUT2D eigenvalue weighted by molar-refractivity contribution is -0.0129. The predicted octanol–water partition coefficient (Wildman–Crippen LogP) is 2.92. The Kier molecular flexibility index (Phi) is 4.91. The van der Waals surface area contributed by atoms with Crippen molar-refractivity contribution in [2.45, 2.75) is 58.2 Å². The molecule has 1 saturated heterocycles. The largest absolute Gasteiger partial charge is 0.488 e. The molecule has 4 rings (SSSR count). The Labute approximate surface area is 159 Å². The summed E-state index contributed by atoms with van der Waals surface area (Å²) in [5, 5.41) is 13.9. The Morgan fingerprint density at radius 1 is 1.37 bits per heavy atom. The minimum absolute atomic E-state index is 0.218. The summed E-state index contributed by atoms with van der Waals surface area (Å²) < 4.78 is 7.98. The molecule has 1 aliphatic heterocycles. The quantitative estimate of drug-likeness (QED) is 0.848. The first-order chi connectivity index (χ1) is 13.0. The lowest BCUT2D eigenvalue weighted by Gasteiger charge is -2.45. The number of aromatic carboxylic acids is 1. The van der Waals surface area contributed by atoms with Gasteiger partial charge in [-0.05, 0) is 50.3 Å². The maximum Gasteiger partial charge on any atom is 0.356 e. The van der Waals surface area contributed by atoms with E-state index in [1.54, 1.807) is 0 Å². The van der Waals surface area contributed by atoms with Crippen LogP contribution in [0.2, 0.25) is 0 Å². The van der Waals surface area contributed by atoms with Crippen molar-refractivity contribution in [1.29, 1.82) is 0 Å². The number of hydrogen-bond donors (Lipinski definition) is 1. The van der Waals surface area contributed by atoms with Crippen molar-refractivity contribution in [3.63, 3.8) is 0 Å². The zero-order valence-electron chi connectivity index (χ0n) is 16.0. The van der Waals surface area contributed by atoms with Crippen molar-refractivity contribution < 1.29 is 14.6 Å². The number of carbonyl (C=O) groups is 1. The summed E-state index contributed by atoms with van der Waals surface area (Å²) in [4.78, 5) is 14.0. The molecule has 0 amide bonds. The summed E-state index contributed by atoms with van der Waals surface area (Å²) in [6.45, 7) is 6.75. The second-order valence-corrected chi connectivity index (χ2v) is 7.71. The summed E-state index contributed by atoms with van der Waals surface area (Å²) >= 11 is 0. The normalized spacial score (nSPS) is 20.1. The highest BCUT2D eigenvalue weighted by Gasteiger charge is 2.38.